The molecule has 0 aliphatic carbocycles. The van der Waals surface area contributed by atoms with Gasteiger partial charge >= 0.3 is 0 Å². The van der Waals surface area contributed by atoms with E-state index in [9.17, 15) is 4.79 Å². The number of para-hydroxylation sites is 1. The molecule has 1 atom stereocenters. The maximum atomic E-state index is 12.0. The van der Waals surface area contributed by atoms with Crippen molar-refractivity contribution in [1.82, 2.24) is 5.32 Å². The van der Waals surface area contributed by atoms with Crippen molar-refractivity contribution >= 4 is 11.6 Å². The fraction of sp³-hybridized carbons (Fsp3) is 0.588. The van der Waals surface area contributed by atoms with E-state index >= 15 is 0 Å². The van der Waals surface area contributed by atoms with Crippen LogP contribution in [0.15, 0.2) is 18.2 Å². The molecule has 0 saturated heterocycles. The molecule has 4 nitrogen and oxygen atoms in total. The lowest BCUT2D eigenvalue weighted by Crippen LogP contribution is -2.37. The summed E-state index contributed by atoms with van der Waals surface area (Å²) in [7, 11) is 0. The normalized spacial score (nSPS) is 15.0. The van der Waals surface area contributed by atoms with Crippen molar-refractivity contribution in [3.8, 4) is 5.75 Å². The number of carbonyl (C=O) groups excluding carboxylic acids is 1. The predicted octanol–water partition coefficient (Wildman–Crippen LogP) is 2.97. The number of fused-ring (bicyclic) bond motifs is 1. The van der Waals surface area contributed by atoms with E-state index in [1.54, 1.807) is 6.92 Å². The summed E-state index contributed by atoms with van der Waals surface area (Å²) in [6.45, 7) is 7.76. The zero-order chi connectivity index (χ0) is 15.2. The molecule has 116 valence electrons. The molecule has 0 fully saturated rings. The number of anilines is 1. The Labute approximate surface area is 127 Å². The second-order valence-electron chi connectivity index (χ2n) is 6.05. The van der Waals surface area contributed by atoms with Gasteiger partial charge in [-0.25, -0.2) is 0 Å². The first-order valence-electron chi connectivity index (χ1n) is 7.88. The van der Waals surface area contributed by atoms with Gasteiger partial charge in [0.05, 0.1) is 5.69 Å². The minimum absolute atomic E-state index is 0.0518. The number of ether oxygens (including phenoxy) is 1. The Kier molecular flexibility index (Phi) is 5.48. The van der Waals surface area contributed by atoms with Gasteiger partial charge in [0, 0.05) is 13.1 Å². The largest absolute Gasteiger partial charge is 0.479 e. The van der Waals surface area contributed by atoms with Crippen LogP contribution < -0.4 is 15.4 Å². The Morgan fingerprint density at radius 2 is 2.19 bits per heavy atom. The predicted molar refractivity (Wildman–Crippen MR) is 85.8 cm³/mol. The van der Waals surface area contributed by atoms with Crippen LogP contribution >= 0.6 is 0 Å². The van der Waals surface area contributed by atoms with Crippen LogP contribution in [0.3, 0.4) is 0 Å². The van der Waals surface area contributed by atoms with Gasteiger partial charge in [-0.1, -0.05) is 26.0 Å². The Bertz CT molecular complexity index is 486. The number of hydrogen-bond donors (Lipinski definition) is 2. The van der Waals surface area contributed by atoms with Crippen molar-refractivity contribution in [2.24, 2.45) is 5.92 Å². The van der Waals surface area contributed by atoms with Gasteiger partial charge < -0.3 is 15.4 Å². The monoisotopic (exact) mass is 290 g/mol. The third-order valence-electron chi connectivity index (χ3n) is 3.73. The van der Waals surface area contributed by atoms with Gasteiger partial charge in [0.2, 0.25) is 0 Å². The maximum Gasteiger partial charge on any atom is 0.260 e. The molecule has 1 heterocycles. The molecule has 2 N–H and O–H groups in total. The number of hydrogen-bond acceptors (Lipinski definition) is 3. The van der Waals surface area contributed by atoms with E-state index < -0.39 is 6.10 Å². The molecule has 1 amide bonds. The SMILES string of the molecule is CC(C)CCNC(=O)C(C)Oc1cccc2c1NCCC2. The zero-order valence-corrected chi connectivity index (χ0v) is 13.2. The van der Waals surface area contributed by atoms with Crippen molar-refractivity contribution in [3.05, 3.63) is 23.8 Å². The lowest BCUT2D eigenvalue weighted by atomic mass is 10.0. The third-order valence-corrected chi connectivity index (χ3v) is 3.73. The lowest BCUT2D eigenvalue weighted by molar-refractivity contribution is -0.127. The van der Waals surface area contributed by atoms with E-state index in [0.29, 0.717) is 12.5 Å². The highest BCUT2D eigenvalue weighted by molar-refractivity contribution is 5.81. The van der Waals surface area contributed by atoms with Crippen LogP contribution in [0.5, 0.6) is 5.75 Å². The first kappa shape index (κ1) is 15.7. The molecule has 1 aromatic rings. The average molecular weight is 290 g/mol. The van der Waals surface area contributed by atoms with Gasteiger partial charge in [0.1, 0.15) is 5.75 Å². The summed E-state index contributed by atoms with van der Waals surface area (Å²) in [6, 6.07) is 6.03. The van der Waals surface area contributed by atoms with Crippen molar-refractivity contribution in [1.29, 1.82) is 0 Å². The summed E-state index contributed by atoms with van der Waals surface area (Å²) in [5, 5.41) is 6.31. The fourth-order valence-electron chi connectivity index (χ4n) is 2.45. The molecule has 0 spiro atoms. The van der Waals surface area contributed by atoms with Crippen molar-refractivity contribution < 1.29 is 9.53 Å². The highest BCUT2D eigenvalue weighted by atomic mass is 16.5. The first-order chi connectivity index (χ1) is 10.1. The van der Waals surface area contributed by atoms with E-state index in [2.05, 4.69) is 30.5 Å². The maximum absolute atomic E-state index is 12.0. The van der Waals surface area contributed by atoms with Crippen LogP contribution in [0.25, 0.3) is 0 Å². The molecule has 1 aromatic carbocycles. The molecule has 0 bridgehead atoms. The third kappa shape index (κ3) is 4.38. The fourth-order valence-corrected chi connectivity index (χ4v) is 2.45. The number of rotatable bonds is 6. The molecule has 0 saturated carbocycles. The number of nitrogens with one attached hydrogen (secondary N) is 2. The summed E-state index contributed by atoms with van der Waals surface area (Å²) in [5.41, 5.74) is 2.32. The Morgan fingerprint density at radius 3 is 2.95 bits per heavy atom. The van der Waals surface area contributed by atoms with Crippen molar-refractivity contribution in [2.45, 2.75) is 46.1 Å². The Morgan fingerprint density at radius 1 is 1.38 bits per heavy atom. The molecule has 2 rings (SSSR count). The summed E-state index contributed by atoms with van der Waals surface area (Å²) >= 11 is 0. The number of aryl methyl sites for hydroxylation is 1. The molecule has 0 aromatic heterocycles. The van der Waals surface area contributed by atoms with Crippen molar-refractivity contribution in [2.75, 3.05) is 18.4 Å². The van der Waals surface area contributed by atoms with Crippen LogP contribution in [0.4, 0.5) is 5.69 Å². The van der Waals surface area contributed by atoms with Gasteiger partial charge in [-0.15, -0.1) is 0 Å². The van der Waals surface area contributed by atoms with E-state index in [1.807, 2.05) is 12.1 Å². The van der Waals surface area contributed by atoms with E-state index in [1.165, 1.54) is 5.56 Å². The highest BCUT2D eigenvalue weighted by Gasteiger charge is 2.18. The van der Waals surface area contributed by atoms with Crippen LogP contribution in [-0.2, 0) is 11.2 Å². The molecule has 0 radical (unpaired) electrons. The summed E-state index contributed by atoms with van der Waals surface area (Å²) in [4.78, 5) is 12.0. The Balaban J connectivity index is 1.93. The average Bonchev–Trinajstić information content (AvgIpc) is 2.47. The second kappa shape index (κ2) is 7.34. The topological polar surface area (TPSA) is 50.4 Å². The summed E-state index contributed by atoms with van der Waals surface area (Å²) in [5.74, 6) is 1.31. The van der Waals surface area contributed by atoms with E-state index in [0.717, 1.165) is 37.2 Å². The van der Waals surface area contributed by atoms with E-state index in [-0.39, 0.29) is 5.91 Å². The molecule has 1 aliphatic heterocycles. The zero-order valence-electron chi connectivity index (χ0n) is 13.2. The second-order valence-corrected chi connectivity index (χ2v) is 6.05. The number of carbonyl (C=O) groups is 1. The highest BCUT2D eigenvalue weighted by Crippen LogP contribution is 2.32. The van der Waals surface area contributed by atoms with Gasteiger partial charge in [0.15, 0.2) is 6.10 Å². The smallest absolute Gasteiger partial charge is 0.260 e. The molecule has 1 unspecified atom stereocenters. The first-order valence-corrected chi connectivity index (χ1v) is 7.88. The standard InChI is InChI=1S/C17H26N2O2/c1-12(2)9-11-19-17(20)13(3)21-15-8-4-6-14-7-5-10-18-16(14)15/h4,6,8,12-13,18H,5,7,9-11H2,1-3H3,(H,19,20). The van der Waals surface area contributed by atoms with Gasteiger partial charge in [-0.2, -0.15) is 0 Å². The Hall–Kier alpha value is -1.71. The van der Waals surface area contributed by atoms with Gasteiger partial charge in [-0.05, 0) is 43.7 Å². The summed E-state index contributed by atoms with van der Waals surface area (Å²) in [6.07, 6.45) is 2.71. The van der Waals surface area contributed by atoms with Crippen LogP contribution in [0.1, 0.15) is 39.2 Å². The quantitative estimate of drug-likeness (QED) is 0.847. The lowest BCUT2D eigenvalue weighted by Gasteiger charge is -2.23. The molecule has 4 heteroatoms. The minimum atomic E-state index is -0.479. The molecule has 21 heavy (non-hydrogen) atoms. The summed E-state index contributed by atoms with van der Waals surface area (Å²) < 4.78 is 5.86. The van der Waals surface area contributed by atoms with Crippen molar-refractivity contribution in [3.63, 3.8) is 0 Å². The molecule has 1 aliphatic rings. The number of benzene rings is 1. The molecular weight excluding hydrogens is 264 g/mol. The van der Waals surface area contributed by atoms with Gasteiger partial charge in [0.25, 0.3) is 5.91 Å². The van der Waals surface area contributed by atoms with Gasteiger partial charge in [-0.3, -0.25) is 4.79 Å². The van der Waals surface area contributed by atoms with Crippen LogP contribution in [0, 0.1) is 5.92 Å². The number of amides is 1. The van der Waals surface area contributed by atoms with E-state index in [4.69, 9.17) is 4.74 Å². The van der Waals surface area contributed by atoms with Crippen LogP contribution in [0.2, 0.25) is 0 Å². The minimum Gasteiger partial charge on any atom is -0.479 e. The molecular formula is C17H26N2O2. The van der Waals surface area contributed by atoms with Crippen LogP contribution in [-0.4, -0.2) is 25.1 Å².